The number of nitrogens with two attached hydrogens (primary N) is 1. The molecule has 0 aromatic carbocycles. The minimum atomic E-state index is -0.337. The van der Waals surface area contributed by atoms with Crippen LogP contribution in [0.2, 0.25) is 0 Å². The van der Waals surface area contributed by atoms with Gasteiger partial charge in [-0.2, -0.15) is 0 Å². The smallest absolute Gasteiger partial charge is 0.167 e. The normalized spacial score (nSPS) is 23.2. The lowest BCUT2D eigenvalue weighted by Crippen LogP contribution is -2.41. The highest BCUT2D eigenvalue weighted by Gasteiger charge is 2.33. The summed E-state index contributed by atoms with van der Waals surface area (Å²) in [6.45, 7) is 0. The van der Waals surface area contributed by atoms with Gasteiger partial charge in [-0.15, -0.1) is 12.4 Å². The van der Waals surface area contributed by atoms with E-state index in [1.165, 1.54) is 0 Å². The Hall–Kier alpha value is 0.170. The fourth-order valence-corrected chi connectivity index (χ4v) is 1.57. The van der Waals surface area contributed by atoms with Crippen LogP contribution in [0.4, 0.5) is 0 Å². The zero-order valence-corrected chi connectivity index (χ0v) is 8.52. The molecule has 0 unspecified atom stereocenters. The molecule has 0 atom stereocenters. The van der Waals surface area contributed by atoms with Crippen LogP contribution in [0.15, 0.2) is 0 Å². The Morgan fingerprint density at radius 2 is 1.58 bits per heavy atom. The highest BCUT2D eigenvalue weighted by molar-refractivity contribution is 5.85. The van der Waals surface area contributed by atoms with Gasteiger partial charge in [0.25, 0.3) is 0 Å². The third-order valence-electron chi connectivity index (χ3n) is 2.54. The Kier molecular flexibility index (Phi) is 5.09. The summed E-state index contributed by atoms with van der Waals surface area (Å²) in [7, 11) is 3.39. The van der Waals surface area contributed by atoms with Gasteiger partial charge in [-0.25, -0.2) is 0 Å². The summed E-state index contributed by atoms with van der Waals surface area (Å²) in [6, 6.07) is 0.341. The molecule has 1 rings (SSSR count). The molecule has 1 aliphatic rings. The van der Waals surface area contributed by atoms with E-state index < -0.39 is 0 Å². The standard InChI is InChI=1S/C8H17NO2.ClH/c1-10-8(11-2)5-3-7(9)4-6-8;/h7H,3-6,9H2,1-2H3;1H. The van der Waals surface area contributed by atoms with Crippen molar-refractivity contribution < 1.29 is 9.47 Å². The van der Waals surface area contributed by atoms with Gasteiger partial charge in [-0.3, -0.25) is 0 Å². The highest BCUT2D eigenvalue weighted by atomic mass is 35.5. The second-order valence-corrected chi connectivity index (χ2v) is 3.16. The van der Waals surface area contributed by atoms with Crippen LogP contribution in [0.3, 0.4) is 0 Å². The van der Waals surface area contributed by atoms with E-state index in [2.05, 4.69) is 0 Å². The van der Waals surface area contributed by atoms with E-state index in [0.717, 1.165) is 25.7 Å². The Bertz CT molecular complexity index is 118. The number of rotatable bonds is 2. The summed E-state index contributed by atoms with van der Waals surface area (Å²) in [5.41, 5.74) is 5.75. The Labute approximate surface area is 80.0 Å². The van der Waals surface area contributed by atoms with Crippen molar-refractivity contribution in [1.82, 2.24) is 0 Å². The van der Waals surface area contributed by atoms with Gasteiger partial charge in [0, 0.05) is 33.1 Å². The van der Waals surface area contributed by atoms with Gasteiger partial charge in [0.15, 0.2) is 5.79 Å². The molecule has 1 saturated carbocycles. The fraction of sp³-hybridized carbons (Fsp3) is 1.00. The molecule has 0 spiro atoms. The average molecular weight is 196 g/mol. The second-order valence-electron chi connectivity index (χ2n) is 3.16. The topological polar surface area (TPSA) is 44.5 Å². The van der Waals surface area contributed by atoms with Crippen molar-refractivity contribution in [2.75, 3.05) is 14.2 Å². The first-order valence-electron chi connectivity index (χ1n) is 4.08. The zero-order valence-electron chi connectivity index (χ0n) is 7.71. The maximum Gasteiger partial charge on any atom is 0.167 e. The number of methoxy groups -OCH3 is 2. The minimum Gasteiger partial charge on any atom is -0.353 e. The number of halogens is 1. The van der Waals surface area contributed by atoms with Crippen LogP contribution >= 0.6 is 12.4 Å². The molecule has 0 aliphatic heterocycles. The largest absolute Gasteiger partial charge is 0.353 e. The number of hydrogen-bond acceptors (Lipinski definition) is 3. The lowest BCUT2D eigenvalue weighted by Gasteiger charge is -2.36. The van der Waals surface area contributed by atoms with E-state index in [1.807, 2.05) is 0 Å². The van der Waals surface area contributed by atoms with Crippen molar-refractivity contribution in [1.29, 1.82) is 0 Å². The zero-order chi connectivity index (χ0) is 8.32. The van der Waals surface area contributed by atoms with Gasteiger partial charge in [0.05, 0.1) is 0 Å². The first-order valence-corrected chi connectivity index (χ1v) is 4.08. The Balaban J connectivity index is 0.00000121. The summed E-state index contributed by atoms with van der Waals surface area (Å²) >= 11 is 0. The van der Waals surface area contributed by atoms with E-state index in [-0.39, 0.29) is 18.2 Å². The average Bonchev–Trinajstić information content (AvgIpc) is 2.07. The number of ether oxygens (including phenoxy) is 2. The van der Waals surface area contributed by atoms with Crippen molar-refractivity contribution in [2.24, 2.45) is 5.73 Å². The van der Waals surface area contributed by atoms with Crippen molar-refractivity contribution in [3.8, 4) is 0 Å². The van der Waals surface area contributed by atoms with Crippen LogP contribution in [-0.4, -0.2) is 26.0 Å². The summed E-state index contributed by atoms with van der Waals surface area (Å²) in [6.07, 6.45) is 3.84. The summed E-state index contributed by atoms with van der Waals surface area (Å²) < 4.78 is 10.6. The molecule has 0 aromatic heterocycles. The Morgan fingerprint density at radius 1 is 1.17 bits per heavy atom. The fourth-order valence-electron chi connectivity index (χ4n) is 1.57. The molecule has 2 N–H and O–H groups in total. The maximum absolute atomic E-state index is 5.75. The van der Waals surface area contributed by atoms with Crippen molar-refractivity contribution in [3.63, 3.8) is 0 Å². The SMILES string of the molecule is COC1(OC)CCC(N)CC1.Cl. The van der Waals surface area contributed by atoms with E-state index in [9.17, 15) is 0 Å². The Morgan fingerprint density at radius 3 is 1.92 bits per heavy atom. The third-order valence-corrected chi connectivity index (χ3v) is 2.54. The van der Waals surface area contributed by atoms with Crippen molar-refractivity contribution in [2.45, 2.75) is 37.5 Å². The molecule has 1 fully saturated rings. The van der Waals surface area contributed by atoms with Crippen LogP contribution in [-0.2, 0) is 9.47 Å². The van der Waals surface area contributed by atoms with Crippen LogP contribution in [0, 0.1) is 0 Å². The first-order chi connectivity index (χ1) is 5.22. The monoisotopic (exact) mass is 195 g/mol. The molecule has 12 heavy (non-hydrogen) atoms. The molecule has 74 valence electrons. The van der Waals surface area contributed by atoms with E-state index in [0.29, 0.717) is 6.04 Å². The van der Waals surface area contributed by atoms with E-state index in [4.69, 9.17) is 15.2 Å². The first kappa shape index (κ1) is 12.2. The van der Waals surface area contributed by atoms with Gasteiger partial charge in [0.2, 0.25) is 0 Å². The van der Waals surface area contributed by atoms with Crippen LogP contribution < -0.4 is 5.73 Å². The predicted molar refractivity (Wildman–Crippen MR) is 50.4 cm³/mol. The van der Waals surface area contributed by atoms with Gasteiger partial charge in [0.1, 0.15) is 0 Å². The summed E-state index contributed by atoms with van der Waals surface area (Å²) in [5, 5.41) is 0. The molecule has 1 aliphatic carbocycles. The molecule has 3 nitrogen and oxygen atoms in total. The summed E-state index contributed by atoms with van der Waals surface area (Å²) in [5.74, 6) is -0.337. The van der Waals surface area contributed by atoms with E-state index >= 15 is 0 Å². The number of hydrogen-bond donors (Lipinski definition) is 1. The van der Waals surface area contributed by atoms with Crippen molar-refractivity contribution >= 4 is 12.4 Å². The van der Waals surface area contributed by atoms with Gasteiger partial charge < -0.3 is 15.2 Å². The highest BCUT2D eigenvalue weighted by Crippen LogP contribution is 2.30. The molecular formula is C8H18ClNO2. The molecule has 0 radical (unpaired) electrons. The molecule has 0 heterocycles. The van der Waals surface area contributed by atoms with E-state index in [1.54, 1.807) is 14.2 Å². The molecule has 4 heteroatoms. The lowest BCUT2D eigenvalue weighted by molar-refractivity contribution is -0.224. The van der Waals surface area contributed by atoms with Gasteiger partial charge in [-0.1, -0.05) is 0 Å². The van der Waals surface area contributed by atoms with Gasteiger partial charge >= 0.3 is 0 Å². The lowest BCUT2D eigenvalue weighted by atomic mass is 9.90. The summed E-state index contributed by atoms with van der Waals surface area (Å²) in [4.78, 5) is 0. The molecule has 0 aromatic rings. The third kappa shape index (κ3) is 2.59. The van der Waals surface area contributed by atoms with Crippen molar-refractivity contribution in [3.05, 3.63) is 0 Å². The molecular weight excluding hydrogens is 178 g/mol. The van der Waals surface area contributed by atoms with Crippen LogP contribution in [0.5, 0.6) is 0 Å². The quantitative estimate of drug-likeness (QED) is 0.676. The molecule has 0 amide bonds. The van der Waals surface area contributed by atoms with Gasteiger partial charge in [-0.05, 0) is 12.8 Å². The molecule has 0 bridgehead atoms. The minimum absolute atomic E-state index is 0. The predicted octanol–water partition coefficient (Wildman–Crippen LogP) is 1.30. The molecule has 0 saturated heterocycles. The van der Waals surface area contributed by atoms with Crippen LogP contribution in [0.25, 0.3) is 0 Å². The maximum atomic E-state index is 5.75. The van der Waals surface area contributed by atoms with Crippen LogP contribution in [0.1, 0.15) is 25.7 Å². The second kappa shape index (κ2) is 5.02.